The van der Waals surface area contributed by atoms with Gasteiger partial charge in [0.05, 0.1) is 33.8 Å². The van der Waals surface area contributed by atoms with Crippen molar-refractivity contribution in [1.29, 1.82) is 0 Å². The van der Waals surface area contributed by atoms with Crippen molar-refractivity contribution >= 4 is 19.7 Å². The molecule has 0 aliphatic heterocycles. The molecule has 3 atom stereocenters. The van der Waals surface area contributed by atoms with E-state index < -0.39 is 20.0 Å². The normalized spacial score (nSPS) is 14.1. The zero-order chi connectivity index (χ0) is 58.6. The zero-order valence-electron chi connectivity index (χ0n) is 53.1. The molecule has 3 unspecified atom stereocenters. The summed E-state index contributed by atoms with van der Waals surface area (Å²) >= 11 is 0. The highest BCUT2D eigenvalue weighted by molar-refractivity contribution is 7.47. The molecule has 0 aromatic heterocycles. The molecule has 2 N–H and O–H groups in total. The number of phosphoric ester groups is 1. The van der Waals surface area contributed by atoms with Gasteiger partial charge in [0, 0.05) is 12.8 Å². The lowest BCUT2D eigenvalue weighted by atomic mass is 10.0. The van der Waals surface area contributed by atoms with Crippen LogP contribution in [0.5, 0.6) is 0 Å². The Morgan fingerprint density at radius 2 is 0.800 bits per heavy atom. The van der Waals surface area contributed by atoms with Crippen LogP contribution in [0.15, 0.2) is 85.1 Å². The smallest absolute Gasteiger partial charge is 0.456 e. The van der Waals surface area contributed by atoms with Crippen LogP contribution < -0.4 is 5.32 Å². The maximum atomic E-state index is 13.6. The fourth-order valence-electron chi connectivity index (χ4n) is 9.43. The first-order valence-corrected chi connectivity index (χ1v) is 34.9. The van der Waals surface area contributed by atoms with Gasteiger partial charge in [0.1, 0.15) is 19.3 Å². The Kier molecular flexibility index (Phi) is 57.3. The molecule has 0 saturated heterocycles. The number of ether oxygens (including phenoxy) is 1. The number of unbranched alkanes of at least 4 members (excludes halogenated alkanes) is 32. The van der Waals surface area contributed by atoms with Gasteiger partial charge in [-0.1, -0.05) is 267 Å². The van der Waals surface area contributed by atoms with E-state index >= 15 is 0 Å². The minimum Gasteiger partial charge on any atom is -0.456 e. The molecule has 0 heterocycles. The number of carbonyl (C=O) groups excluding carboxylic acids is 2. The molecule has 0 rings (SSSR count). The summed E-state index contributed by atoms with van der Waals surface area (Å²) in [6, 6.07) is -0.861. The molecule has 0 aromatic carbocycles. The SMILES string of the molecule is CC/C=C/C/C=C/C/C=C/CCCCCCC(=O)OC(/C=C\CCCCCCCCCCCCC)C(COP(=O)(O)OCC[N+](C)(C)C)NC(=O)CCCCCCCCCCCCCCCC/C=C\C/C=C\C/C=C\CCCCC. The maximum Gasteiger partial charge on any atom is 0.472 e. The van der Waals surface area contributed by atoms with E-state index in [1.54, 1.807) is 0 Å². The maximum absolute atomic E-state index is 13.6. The number of phosphoric acid groups is 1. The van der Waals surface area contributed by atoms with Crippen LogP contribution in [0.2, 0.25) is 0 Å². The first-order chi connectivity index (χ1) is 38.9. The number of likely N-dealkylation sites (N-methyl/N-ethyl adjacent to an activating group) is 1. The molecule has 0 spiro atoms. The minimum absolute atomic E-state index is 0.0340. The van der Waals surface area contributed by atoms with Gasteiger partial charge in [-0.15, -0.1) is 0 Å². The lowest BCUT2D eigenvalue weighted by Gasteiger charge is -2.27. The van der Waals surface area contributed by atoms with Crippen LogP contribution in [0, 0.1) is 0 Å². The van der Waals surface area contributed by atoms with Gasteiger partial charge in [0.2, 0.25) is 5.91 Å². The predicted octanol–water partition coefficient (Wildman–Crippen LogP) is 21.0. The summed E-state index contributed by atoms with van der Waals surface area (Å²) in [5, 5.41) is 3.06. The number of allylic oxidation sites excluding steroid dienone is 13. The third-order valence-corrected chi connectivity index (χ3v) is 15.6. The number of hydrogen-bond donors (Lipinski definition) is 2. The number of rotatable bonds is 60. The summed E-state index contributed by atoms with van der Waals surface area (Å²) in [5.41, 5.74) is 0. The first-order valence-electron chi connectivity index (χ1n) is 33.4. The van der Waals surface area contributed by atoms with Crippen LogP contribution in [-0.4, -0.2) is 74.3 Å². The van der Waals surface area contributed by atoms with Crippen molar-refractivity contribution in [2.45, 2.75) is 309 Å². The van der Waals surface area contributed by atoms with E-state index in [2.05, 4.69) is 99.0 Å². The van der Waals surface area contributed by atoms with Crippen LogP contribution in [0.25, 0.3) is 0 Å². The Bertz CT molecular complexity index is 1640. The summed E-state index contributed by atoms with van der Waals surface area (Å²) in [6.45, 7) is 6.87. The van der Waals surface area contributed by atoms with E-state index in [1.807, 2.05) is 33.3 Å². The van der Waals surface area contributed by atoms with E-state index in [4.69, 9.17) is 13.8 Å². The average molecular weight is 1140 g/mol. The van der Waals surface area contributed by atoms with Crippen molar-refractivity contribution in [2.24, 2.45) is 0 Å². The number of esters is 1. The molecule has 0 aliphatic rings. The molecule has 464 valence electrons. The van der Waals surface area contributed by atoms with Gasteiger partial charge in [0.15, 0.2) is 0 Å². The quantitative estimate of drug-likeness (QED) is 0.0205. The van der Waals surface area contributed by atoms with Crippen molar-refractivity contribution in [3.63, 3.8) is 0 Å². The molecule has 0 bridgehead atoms. The van der Waals surface area contributed by atoms with E-state index in [0.29, 0.717) is 23.9 Å². The van der Waals surface area contributed by atoms with Gasteiger partial charge in [-0.25, -0.2) is 4.57 Å². The highest BCUT2D eigenvalue weighted by Gasteiger charge is 2.30. The Morgan fingerprint density at radius 3 is 1.23 bits per heavy atom. The summed E-state index contributed by atoms with van der Waals surface area (Å²) in [4.78, 5) is 37.8. The molecule has 10 heteroatoms. The largest absolute Gasteiger partial charge is 0.472 e. The van der Waals surface area contributed by atoms with Gasteiger partial charge in [-0.05, 0) is 102 Å². The van der Waals surface area contributed by atoms with Crippen molar-refractivity contribution in [1.82, 2.24) is 5.32 Å². The van der Waals surface area contributed by atoms with Crippen LogP contribution >= 0.6 is 7.82 Å². The monoisotopic (exact) mass is 1140 g/mol. The van der Waals surface area contributed by atoms with Crippen LogP contribution in [0.3, 0.4) is 0 Å². The second-order valence-corrected chi connectivity index (χ2v) is 25.1. The summed E-state index contributed by atoms with van der Waals surface area (Å²) < 4.78 is 30.7. The third-order valence-electron chi connectivity index (χ3n) is 14.6. The van der Waals surface area contributed by atoms with E-state index in [-0.39, 0.29) is 31.5 Å². The average Bonchev–Trinajstić information content (AvgIpc) is 3.42. The molecule has 9 nitrogen and oxygen atoms in total. The zero-order valence-corrected chi connectivity index (χ0v) is 54.0. The Balaban J connectivity index is 5.08. The Labute approximate surface area is 495 Å². The van der Waals surface area contributed by atoms with Crippen molar-refractivity contribution < 1.29 is 37.3 Å². The Hall–Kier alpha value is -2.81. The van der Waals surface area contributed by atoms with E-state index in [1.165, 1.54) is 161 Å². The second kappa shape index (κ2) is 59.4. The number of nitrogens with one attached hydrogen (secondary N) is 1. The summed E-state index contributed by atoms with van der Waals surface area (Å²) in [6.07, 6.45) is 78.8. The van der Waals surface area contributed by atoms with Crippen LogP contribution in [0.1, 0.15) is 297 Å². The number of quaternary nitrogens is 1. The molecule has 0 saturated carbocycles. The number of carbonyl (C=O) groups is 2. The third kappa shape index (κ3) is 59.8. The summed E-state index contributed by atoms with van der Waals surface area (Å²) in [7, 11) is 1.48. The molecular weight excluding hydrogens is 1010 g/mol. The standard InChI is InChI=1S/C70H127N2O7P/c1-7-10-13-16-19-22-25-28-30-31-32-33-34-35-36-37-38-39-40-41-42-44-47-50-53-56-59-62-69(73)71-67(66-78-80(75,76)77-65-64-72(4,5)6)68(61-58-55-52-49-46-43-27-24-21-18-15-12-9-3)79-70(74)63-60-57-54-51-48-45-29-26-23-20-17-14-11-8-2/h11,14,19-20,22-23,28-30,32-33,45,58,61,67-68H,7-10,12-13,15-18,21,24-27,31,34-44,46-57,59-60,62-66H2,1-6H3,(H-,71,73,75,76)/p+1/b14-11+,22-19-,23-20+,30-28-,33-32-,45-29+,61-58-. The van der Waals surface area contributed by atoms with Gasteiger partial charge in [-0.2, -0.15) is 0 Å². The lowest BCUT2D eigenvalue weighted by Crippen LogP contribution is -2.47. The first kappa shape index (κ1) is 77.2. The molecule has 0 aliphatic carbocycles. The molecule has 0 radical (unpaired) electrons. The fourth-order valence-corrected chi connectivity index (χ4v) is 10.2. The van der Waals surface area contributed by atoms with Crippen molar-refractivity contribution in [2.75, 3.05) is 40.9 Å². The molecule has 80 heavy (non-hydrogen) atoms. The number of amides is 1. The van der Waals surface area contributed by atoms with Crippen LogP contribution in [0.4, 0.5) is 0 Å². The van der Waals surface area contributed by atoms with Crippen molar-refractivity contribution in [3.8, 4) is 0 Å². The molecular formula is C70H128N2O7P+. The van der Waals surface area contributed by atoms with E-state index in [9.17, 15) is 19.0 Å². The minimum atomic E-state index is -4.46. The number of nitrogens with zero attached hydrogens (tertiary/aromatic N) is 1. The van der Waals surface area contributed by atoms with E-state index in [0.717, 1.165) is 96.3 Å². The highest BCUT2D eigenvalue weighted by atomic mass is 31.2. The second-order valence-electron chi connectivity index (χ2n) is 23.6. The van der Waals surface area contributed by atoms with Gasteiger partial charge < -0.3 is 19.4 Å². The predicted molar refractivity (Wildman–Crippen MR) is 346 cm³/mol. The molecule has 0 fully saturated rings. The highest BCUT2D eigenvalue weighted by Crippen LogP contribution is 2.43. The molecule has 1 amide bonds. The topological polar surface area (TPSA) is 111 Å². The lowest BCUT2D eigenvalue weighted by molar-refractivity contribution is -0.870. The fraction of sp³-hybridized carbons (Fsp3) is 0.771. The molecule has 0 aromatic rings. The van der Waals surface area contributed by atoms with Gasteiger partial charge >= 0.3 is 13.8 Å². The van der Waals surface area contributed by atoms with Crippen LogP contribution in [-0.2, 0) is 27.9 Å². The van der Waals surface area contributed by atoms with Gasteiger partial charge in [-0.3, -0.25) is 18.6 Å². The number of hydrogen-bond acceptors (Lipinski definition) is 6. The van der Waals surface area contributed by atoms with Gasteiger partial charge in [0.25, 0.3) is 0 Å². The van der Waals surface area contributed by atoms with Crippen molar-refractivity contribution in [3.05, 3.63) is 85.1 Å². The summed E-state index contributed by atoms with van der Waals surface area (Å²) in [5.74, 6) is -0.528. The Morgan fingerprint density at radius 1 is 0.450 bits per heavy atom.